The zero-order valence-electron chi connectivity index (χ0n) is 67.2. The van der Waals surface area contributed by atoms with Crippen molar-refractivity contribution in [3.05, 3.63) is 0 Å². The molecule has 8 aliphatic rings. The van der Waals surface area contributed by atoms with Crippen molar-refractivity contribution in [3.63, 3.8) is 0 Å². The standard InChI is InChI=1S/C78H122F8N12O14/c1-12-47(5)65-73(108)91(7)45-63(101)92(8)56-23-15-14-20-32-97(72(56)107)60(40-48-24-27-51(28-25-48)77(81,82)83)70(105)90(6)44-61(99)87-55(29-26-49-38-53(79)64(54(80)39-49)78(84,85)86)69(104)98-43-52(112-13-2)41-58(98)68(103)89-76(30-18-19-31-76)75(110)95(11)66(50-21-16-17-22-50)74(109)94(10)59(71(106)96-33-35-111-36-34-96)42-62(100)93(9)57(37-46(3)4)67(102)88-65/h46-60,64-66H,12-45H2,1-11H3,(H,87,99)(H,88,102)(H,89,103)/t47-,48?,49?,51?,52+,53?,54?,55-,56-,57-,58-,59-,60-,64?,65-,66-/m0/s1. The number of amides is 12. The van der Waals surface area contributed by atoms with Crippen LogP contribution < -0.4 is 16.0 Å². The third-order valence-electron chi connectivity index (χ3n) is 25.4. The van der Waals surface area contributed by atoms with Crippen LogP contribution in [0.25, 0.3) is 0 Å². The second kappa shape index (κ2) is 39.6. The molecule has 12 amide bonds. The Labute approximate surface area is 653 Å². The van der Waals surface area contributed by atoms with Gasteiger partial charge >= 0.3 is 12.4 Å². The highest BCUT2D eigenvalue weighted by Gasteiger charge is 2.56. The van der Waals surface area contributed by atoms with Crippen LogP contribution in [0.2, 0.25) is 0 Å². The molecule has 4 saturated carbocycles. The summed E-state index contributed by atoms with van der Waals surface area (Å²) in [6, 6.07) is -11.3. The SMILES string of the molecule is CCO[C@@H]1C[C@H]2C(=O)NC3(CCCC3)C(=O)N(C)[C@@H](C3CCCC3)C(=O)N(C)[C@H](C(=O)N3CCOCC3)CC(=O)N(C)[C@@H](CC(C)C)C(=O)N[C@@H]([C@@H](C)CC)C(=O)N(C)CC(=O)N(C)[C@H]3CCCCCN(C3=O)[C@@H](CC3CCC(C(F)(F)F)CC3)C(=O)N(C)CC(=O)N[C@@H](CCC3CC(F)C(C(F)(F)F)C(F)C3)C(=O)N2C1. The highest BCUT2D eigenvalue weighted by Crippen LogP contribution is 2.46. The Morgan fingerprint density at radius 2 is 1.21 bits per heavy atom. The molecule has 634 valence electrons. The molecule has 4 heterocycles. The van der Waals surface area contributed by atoms with E-state index in [9.17, 15) is 40.7 Å². The van der Waals surface area contributed by atoms with Crippen LogP contribution in [0.15, 0.2) is 0 Å². The van der Waals surface area contributed by atoms with Crippen LogP contribution in [0.4, 0.5) is 35.1 Å². The smallest absolute Gasteiger partial charge is 0.378 e. The number of nitrogens with zero attached hydrogens (tertiary/aromatic N) is 9. The molecular weight excluding hydrogens is 1480 g/mol. The monoisotopic (exact) mass is 1600 g/mol. The molecule has 8 rings (SSSR count). The van der Waals surface area contributed by atoms with Crippen LogP contribution in [0.3, 0.4) is 0 Å². The van der Waals surface area contributed by atoms with Crippen molar-refractivity contribution in [1.29, 1.82) is 0 Å². The van der Waals surface area contributed by atoms with Crippen molar-refractivity contribution in [1.82, 2.24) is 60.0 Å². The van der Waals surface area contributed by atoms with Crippen LogP contribution >= 0.6 is 0 Å². The second-order valence-electron chi connectivity index (χ2n) is 33.6. The van der Waals surface area contributed by atoms with Gasteiger partial charge in [0.15, 0.2) is 0 Å². The third kappa shape index (κ3) is 22.1. The first kappa shape index (κ1) is 90.5. The van der Waals surface area contributed by atoms with E-state index in [0.29, 0.717) is 64.2 Å². The van der Waals surface area contributed by atoms with Crippen LogP contribution in [-0.4, -0.2) is 301 Å². The molecule has 0 aromatic heterocycles. The normalized spacial score (nSPS) is 32.1. The lowest BCUT2D eigenvalue weighted by atomic mass is 9.76. The summed E-state index contributed by atoms with van der Waals surface area (Å²) in [7, 11) is 8.14. The molecule has 26 nitrogen and oxygen atoms in total. The minimum atomic E-state index is -5.22. The summed E-state index contributed by atoms with van der Waals surface area (Å²) in [5, 5.41) is 8.55. The minimum absolute atomic E-state index is 0.00760. The average molecular weight is 1600 g/mol. The first-order valence-electron chi connectivity index (χ1n) is 40.7. The summed E-state index contributed by atoms with van der Waals surface area (Å²) >= 11 is 0. The Bertz CT molecular complexity index is 3280. The van der Waals surface area contributed by atoms with Crippen molar-refractivity contribution in [2.75, 3.05) is 101 Å². The van der Waals surface area contributed by atoms with Crippen LogP contribution in [0.1, 0.15) is 195 Å². The van der Waals surface area contributed by atoms with Crippen LogP contribution in [-0.2, 0) is 67.0 Å². The number of fused-ring (bicyclic) bond motifs is 3. The van der Waals surface area contributed by atoms with Gasteiger partial charge in [0.2, 0.25) is 70.9 Å². The van der Waals surface area contributed by atoms with E-state index in [-0.39, 0.29) is 123 Å². The quantitative estimate of drug-likeness (QED) is 0.161. The number of carbonyl (C=O) groups excluding carboxylic acids is 12. The summed E-state index contributed by atoms with van der Waals surface area (Å²) in [6.45, 7) is 7.55. The Balaban J connectivity index is 1.22. The molecule has 4 aliphatic heterocycles. The fourth-order valence-corrected chi connectivity index (χ4v) is 18.4. The molecule has 0 aromatic carbocycles. The van der Waals surface area contributed by atoms with Crippen molar-refractivity contribution in [2.45, 2.75) is 280 Å². The zero-order valence-corrected chi connectivity index (χ0v) is 67.2. The summed E-state index contributed by atoms with van der Waals surface area (Å²) in [4.78, 5) is 194. The fourth-order valence-electron chi connectivity index (χ4n) is 18.4. The van der Waals surface area contributed by atoms with Gasteiger partial charge < -0.3 is 69.5 Å². The lowest BCUT2D eigenvalue weighted by molar-refractivity contribution is -0.219. The lowest BCUT2D eigenvalue weighted by Crippen LogP contribution is -2.65. The fraction of sp³-hybridized carbons (Fsp3) is 0.846. The molecule has 0 aromatic rings. The highest BCUT2D eigenvalue weighted by atomic mass is 19.4. The number of alkyl halides is 8. The van der Waals surface area contributed by atoms with Gasteiger partial charge in [-0.1, -0.05) is 72.6 Å². The molecule has 4 aliphatic carbocycles. The first-order valence-corrected chi connectivity index (χ1v) is 40.7. The summed E-state index contributed by atoms with van der Waals surface area (Å²) < 4.78 is 127. The topological polar surface area (TPSA) is 289 Å². The van der Waals surface area contributed by atoms with Crippen molar-refractivity contribution in [2.24, 2.45) is 41.4 Å². The molecule has 0 radical (unpaired) electrons. The van der Waals surface area contributed by atoms with Gasteiger partial charge in [-0.15, -0.1) is 0 Å². The van der Waals surface area contributed by atoms with Crippen molar-refractivity contribution < 1.29 is 102 Å². The van der Waals surface area contributed by atoms with E-state index >= 15 is 51.9 Å². The van der Waals surface area contributed by atoms with Crippen LogP contribution in [0.5, 0.6) is 0 Å². The summed E-state index contributed by atoms with van der Waals surface area (Å²) in [6.07, 6.45) is -14.8. The van der Waals surface area contributed by atoms with E-state index in [1.54, 1.807) is 20.8 Å². The summed E-state index contributed by atoms with van der Waals surface area (Å²) in [5.74, 6) is -16.8. The Kier molecular flexibility index (Phi) is 32.0. The highest BCUT2D eigenvalue weighted by molar-refractivity contribution is 6.01. The predicted octanol–water partition coefficient (Wildman–Crippen LogP) is 6.74. The number of hydrogen-bond acceptors (Lipinski definition) is 14. The minimum Gasteiger partial charge on any atom is -0.378 e. The molecular formula is C78H122F8N12O14. The number of ether oxygens (including phenoxy) is 2. The maximum absolute atomic E-state index is 15.9. The van der Waals surface area contributed by atoms with E-state index in [1.165, 1.54) is 66.8 Å². The van der Waals surface area contributed by atoms with Gasteiger partial charge in [-0.25, -0.2) is 8.78 Å². The van der Waals surface area contributed by atoms with E-state index in [4.69, 9.17) is 9.47 Å². The van der Waals surface area contributed by atoms with Gasteiger partial charge in [-0.05, 0) is 139 Å². The molecule has 34 heteroatoms. The largest absolute Gasteiger partial charge is 0.397 e. The second-order valence-corrected chi connectivity index (χ2v) is 33.6. The van der Waals surface area contributed by atoms with E-state index < -0.39 is 230 Å². The van der Waals surface area contributed by atoms with Gasteiger partial charge in [0.1, 0.15) is 72.1 Å². The Morgan fingerprint density at radius 1 is 0.589 bits per heavy atom. The summed E-state index contributed by atoms with van der Waals surface area (Å²) in [5.41, 5.74) is -1.73. The van der Waals surface area contributed by atoms with Gasteiger partial charge in [0.05, 0.1) is 44.7 Å². The predicted molar refractivity (Wildman–Crippen MR) is 395 cm³/mol. The third-order valence-corrected chi connectivity index (χ3v) is 25.4. The average Bonchev–Trinajstić information content (AvgIpc) is 1.65. The molecule has 1 spiro atoms. The molecule has 2 bridgehead atoms. The number of rotatable bonds is 13. The zero-order chi connectivity index (χ0) is 82.6. The Morgan fingerprint density at radius 3 is 1.79 bits per heavy atom. The molecule has 2 unspecified atom stereocenters. The van der Waals surface area contributed by atoms with Crippen molar-refractivity contribution >= 4 is 70.9 Å². The van der Waals surface area contributed by atoms with Gasteiger partial charge in [0, 0.05) is 81.5 Å². The van der Waals surface area contributed by atoms with Crippen LogP contribution in [0, 0.1) is 41.4 Å². The number of hydrogen-bond donors (Lipinski definition) is 3. The number of likely N-dealkylation sites (N-methyl/N-ethyl adjacent to an activating group) is 6. The van der Waals surface area contributed by atoms with Crippen molar-refractivity contribution in [3.8, 4) is 0 Å². The number of morpholine rings is 1. The van der Waals surface area contributed by atoms with Gasteiger partial charge in [0.25, 0.3) is 0 Å². The molecule has 8 fully saturated rings. The number of nitrogens with one attached hydrogen (secondary N) is 3. The lowest BCUT2D eigenvalue weighted by Gasteiger charge is -2.42. The maximum atomic E-state index is 15.9. The van der Waals surface area contributed by atoms with E-state index in [2.05, 4.69) is 16.0 Å². The molecule has 4 saturated heterocycles. The Hall–Kier alpha value is -7.00. The molecule has 3 N–H and O–H groups in total. The van der Waals surface area contributed by atoms with E-state index in [0.717, 1.165) is 19.6 Å². The number of halogens is 8. The number of carbonyl (C=O) groups is 12. The van der Waals surface area contributed by atoms with Gasteiger partial charge in [-0.2, -0.15) is 26.3 Å². The van der Waals surface area contributed by atoms with Gasteiger partial charge in [-0.3, -0.25) is 57.5 Å². The first-order chi connectivity index (χ1) is 52.7. The van der Waals surface area contributed by atoms with E-state index in [1.807, 2.05) is 13.8 Å². The molecule has 12 atom stereocenters. The molecule has 112 heavy (non-hydrogen) atoms. The maximum Gasteiger partial charge on any atom is 0.397 e.